The molecule has 1 aliphatic carbocycles. The number of amides is 2. The molecule has 2 N–H and O–H groups in total. The van der Waals surface area contributed by atoms with E-state index in [-0.39, 0.29) is 29.7 Å². The first kappa shape index (κ1) is 21.1. The van der Waals surface area contributed by atoms with Crippen LogP contribution in [0.1, 0.15) is 50.7 Å². The Bertz CT molecular complexity index is 799. The van der Waals surface area contributed by atoms with Crippen LogP contribution in [0.15, 0.2) is 12.1 Å². The lowest BCUT2D eigenvalue weighted by Crippen LogP contribution is -2.58. The normalized spacial score (nSPS) is 29.3. The van der Waals surface area contributed by atoms with Crippen molar-refractivity contribution in [3.63, 3.8) is 0 Å². The van der Waals surface area contributed by atoms with Crippen molar-refractivity contribution >= 4 is 17.5 Å². The highest BCUT2D eigenvalue weighted by atomic mass is 19.1. The van der Waals surface area contributed by atoms with E-state index in [9.17, 15) is 14.0 Å². The van der Waals surface area contributed by atoms with Crippen molar-refractivity contribution in [2.75, 3.05) is 25.0 Å². The molecule has 1 saturated carbocycles. The Balaban J connectivity index is 1.33. The van der Waals surface area contributed by atoms with Crippen molar-refractivity contribution in [1.29, 1.82) is 0 Å². The number of piperazine rings is 1. The molecule has 1 aromatic rings. The Morgan fingerprint density at radius 3 is 2.73 bits per heavy atom. The van der Waals surface area contributed by atoms with Crippen LogP contribution in [0.5, 0.6) is 0 Å². The van der Waals surface area contributed by atoms with E-state index in [1.165, 1.54) is 6.07 Å². The summed E-state index contributed by atoms with van der Waals surface area (Å²) in [7, 11) is 0. The number of carbonyl (C=O) groups is 2. The van der Waals surface area contributed by atoms with Gasteiger partial charge in [0.25, 0.3) is 0 Å². The number of nitrogens with zero attached hydrogens (tertiary/aromatic N) is 2. The molecule has 1 aromatic carbocycles. The van der Waals surface area contributed by atoms with Gasteiger partial charge in [0, 0.05) is 62.4 Å². The zero-order valence-corrected chi connectivity index (χ0v) is 18.2. The van der Waals surface area contributed by atoms with Gasteiger partial charge in [-0.25, -0.2) is 4.39 Å². The molecule has 30 heavy (non-hydrogen) atoms. The standard InChI is InChI=1S/C23H33FN4O2/c1-14-7-8-20(24)19-12-21(26-22(14)19)23(30)25-17-5-4-6-18(11-17)27-9-10-28(16(3)29)15(2)13-27/h7-8,15,17-18,21,26H,4-6,9-13H2,1-3H3,(H,25,30)/t15-,17-,18?,21?/m1/s1. The van der Waals surface area contributed by atoms with Gasteiger partial charge >= 0.3 is 0 Å². The van der Waals surface area contributed by atoms with Crippen LogP contribution in [-0.4, -0.2) is 65.4 Å². The van der Waals surface area contributed by atoms with E-state index in [4.69, 9.17) is 0 Å². The first-order valence-electron chi connectivity index (χ1n) is 11.2. The van der Waals surface area contributed by atoms with Crippen molar-refractivity contribution < 1.29 is 14.0 Å². The molecule has 164 valence electrons. The molecular weight excluding hydrogens is 383 g/mol. The third-order valence-electron chi connectivity index (χ3n) is 7.08. The van der Waals surface area contributed by atoms with E-state index in [0.29, 0.717) is 18.0 Å². The van der Waals surface area contributed by atoms with Gasteiger partial charge in [0.2, 0.25) is 11.8 Å². The van der Waals surface area contributed by atoms with E-state index in [2.05, 4.69) is 22.5 Å². The maximum absolute atomic E-state index is 14.1. The molecule has 0 radical (unpaired) electrons. The maximum Gasteiger partial charge on any atom is 0.243 e. The van der Waals surface area contributed by atoms with Crippen LogP contribution in [0, 0.1) is 12.7 Å². The lowest BCUT2D eigenvalue weighted by molar-refractivity contribution is -0.134. The molecule has 0 spiro atoms. The Labute approximate surface area is 178 Å². The Kier molecular flexibility index (Phi) is 6.00. The van der Waals surface area contributed by atoms with Gasteiger partial charge in [-0.2, -0.15) is 0 Å². The number of carbonyl (C=O) groups excluding carboxylic acids is 2. The predicted molar refractivity (Wildman–Crippen MR) is 115 cm³/mol. The lowest BCUT2D eigenvalue weighted by Gasteiger charge is -2.45. The molecule has 4 rings (SSSR count). The van der Waals surface area contributed by atoms with E-state index in [1.54, 1.807) is 13.0 Å². The molecule has 3 aliphatic rings. The molecule has 0 aromatic heterocycles. The molecule has 0 bridgehead atoms. The fraction of sp³-hybridized carbons (Fsp3) is 0.652. The maximum atomic E-state index is 14.1. The molecule has 2 unspecified atom stereocenters. The van der Waals surface area contributed by atoms with Gasteiger partial charge in [0.05, 0.1) is 0 Å². The van der Waals surface area contributed by atoms with Crippen LogP contribution in [0.4, 0.5) is 10.1 Å². The van der Waals surface area contributed by atoms with Crippen LogP contribution < -0.4 is 10.6 Å². The summed E-state index contributed by atoms with van der Waals surface area (Å²) in [6, 6.07) is 3.64. The van der Waals surface area contributed by atoms with Crippen LogP contribution in [0.3, 0.4) is 0 Å². The highest BCUT2D eigenvalue weighted by Crippen LogP contribution is 2.32. The number of hydrogen-bond acceptors (Lipinski definition) is 4. The van der Waals surface area contributed by atoms with E-state index in [0.717, 1.165) is 56.6 Å². The molecule has 2 fully saturated rings. The summed E-state index contributed by atoms with van der Waals surface area (Å²) in [6.45, 7) is 8.25. The number of halogens is 1. The topological polar surface area (TPSA) is 64.7 Å². The van der Waals surface area contributed by atoms with E-state index < -0.39 is 6.04 Å². The third kappa shape index (κ3) is 4.17. The van der Waals surface area contributed by atoms with Crippen LogP contribution in [0.25, 0.3) is 0 Å². The van der Waals surface area contributed by atoms with Gasteiger partial charge in [0.1, 0.15) is 11.9 Å². The number of fused-ring (bicyclic) bond motifs is 1. The number of hydrogen-bond donors (Lipinski definition) is 2. The second kappa shape index (κ2) is 8.53. The average molecular weight is 417 g/mol. The van der Waals surface area contributed by atoms with Crippen molar-refractivity contribution in [3.8, 4) is 0 Å². The third-order valence-corrected chi connectivity index (χ3v) is 7.08. The monoisotopic (exact) mass is 416 g/mol. The van der Waals surface area contributed by atoms with Gasteiger partial charge in [-0.3, -0.25) is 14.5 Å². The fourth-order valence-electron chi connectivity index (χ4n) is 5.44. The van der Waals surface area contributed by atoms with E-state index in [1.807, 2.05) is 11.8 Å². The Morgan fingerprint density at radius 2 is 2.03 bits per heavy atom. The fourth-order valence-corrected chi connectivity index (χ4v) is 5.44. The smallest absolute Gasteiger partial charge is 0.243 e. The summed E-state index contributed by atoms with van der Waals surface area (Å²) in [5.41, 5.74) is 2.36. The van der Waals surface area contributed by atoms with Gasteiger partial charge in [-0.15, -0.1) is 0 Å². The van der Waals surface area contributed by atoms with Gasteiger partial charge < -0.3 is 15.5 Å². The zero-order valence-electron chi connectivity index (χ0n) is 18.2. The second-order valence-corrected chi connectivity index (χ2v) is 9.20. The van der Waals surface area contributed by atoms with Crippen molar-refractivity contribution in [2.45, 2.75) is 77.0 Å². The van der Waals surface area contributed by atoms with Gasteiger partial charge in [-0.1, -0.05) is 6.07 Å². The number of rotatable bonds is 3. The van der Waals surface area contributed by atoms with Crippen LogP contribution in [0.2, 0.25) is 0 Å². The summed E-state index contributed by atoms with van der Waals surface area (Å²) in [6.07, 6.45) is 4.54. The molecule has 4 atom stereocenters. The molecule has 6 nitrogen and oxygen atoms in total. The molecule has 2 heterocycles. The summed E-state index contributed by atoms with van der Waals surface area (Å²) < 4.78 is 14.1. The number of anilines is 1. The molecule has 2 amide bonds. The molecular formula is C23H33FN4O2. The Morgan fingerprint density at radius 1 is 1.23 bits per heavy atom. The lowest BCUT2D eigenvalue weighted by atomic mass is 9.89. The molecule has 7 heteroatoms. The first-order chi connectivity index (χ1) is 14.3. The minimum atomic E-state index is -0.407. The van der Waals surface area contributed by atoms with Crippen LogP contribution >= 0.6 is 0 Å². The summed E-state index contributed by atoms with van der Waals surface area (Å²) in [4.78, 5) is 29.1. The van der Waals surface area contributed by atoms with Crippen LogP contribution in [-0.2, 0) is 16.0 Å². The van der Waals surface area contributed by atoms with Gasteiger partial charge in [-0.05, 0) is 51.2 Å². The molecule has 1 saturated heterocycles. The van der Waals surface area contributed by atoms with Gasteiger partial charge in [0.15, 0.2) is 0 Å². The predicted octanol–water partition coefficient (Wildman–Crippen LogP) is 2.45. The average Bonchev–Trinajstić information content (AvgIpc) is 3.18. The zero-order chi connectivity index (χ0) is 21.4. The van der Waals surface area contributed by atoms with Crippen molar-refractivity contribution in [2.24, 2.45) is 0 Å². The molecule has 2 aliphatic heterocycles. The summed E-state index contributed by atoms with van der Waals surface area (Å²) in [5.74, 6) is -0.131. The summed E-state index contributed by atoms with van der Waals surface area (Å²) in [5, 5.41) is 6.46. The SMILES string of the molecule is CC(=O)N1CCN(C2CCC[C@@H](NC(=O)C3Cc4c(F)ccc(C)c4N3)C2)C[C@H]1C. The number of aryl methyl sites for hydroxylation is 1. The summed E-state index contributed by atoms with van der Waals surface area (Å²) >= 11 is 0. The number of nitrogens with one attached hydrogen (secondary N) is 2. The number of benzene rings is 1. The largest absolute Gasteiger partial charge is 0.373 e. The first-order valence-corrected chi connectivity index (χ1v) is 11.2. The highest BCUT2D eigenvalue weighted by molar-refractivity contribution is 5.88. The van der Waals surface area contributed by atoms with E-state index >= 15 is 0 Å². The Hall–Kier alpha value is -2.15. The minimum Gasteiger partial charge on any atom is -0.373 e. The van der Waals surface area contributed by atoms with Crippen molar-refractivity contribution in [3.05, 3.63) is 29.1 Å². The highest BCUT2D eigenvalue weighted by Gasteiger charge is 2.35. The quantitative estimate of drug-likeness (QED) is 0.795. The second-order valence-electron chi connectivity index (χ2n) is 9.20. The minimum absolute atomic E-state index is 0.0367. The van der Waals surface area contributed by atoms with Crippen molar-refractivity contribution in [1.82, 2.24) is 15.1 Å².